The summed E-state index contributed by atoms with van der Waals surface area (Å²) in [7, 11) is 1.89. The minimum atomic E-state index is -1.17. The van der Waals surface area contributed by atoms with Gasteiger partial charge in [-0.25, -0.2) is 0 Å². The zero-order chi connectivity index (χ0) is 25.1. The van der Waals surface area contributed by atoms with Crippen molar-refractivity contribution in [2.24, 2.45) is 0 Å². The molecule has 0 unspecified atom stereocenters. The van der Waals surface area contributed by atoms with Gasteiger partial charge in [-0.05, 0) is 41.7 Å². The van der Waals surface area contributed by atoms with E-state index in [1.54, 1.807) is 0 Å². The first-order chi connectivity index (χ1) is 17.5. The molecule has 184 valence electrons. The number of hydrogen-bond acceptors (Lipinski definition) is 3. The van der Waals surface area contributed by atoms with E-state index in [2.05, 4.69) is 5.32 Å². The Morgan fingerprint density at radius 3 is 2.17 bits per heavy atom. The van der Waals surface area contributed by atoms with Crippen molar-refractivity contribution in [3.8, 4) is 0 Å². The highest BCUT2D eigenvalue weighted by Gasteiger charge is 2.52. The Labute approximate surface area is 212 Å². The molecule has 6 heteroatoms. The van der Waals surface area contributed by atoms with E-state index in [1.165, 1.54) is 24.2 Å². The lowest BCUT2D eigenvalue weighted by atomic mass is 9.82. The van der Waals surface area contributed by atoms with Gasteiger partial charge in [-0.15, -0.1) is 0 Å². The van der Waals surface area contributed by atoms with Crippen molar-refractivity contribution in [3.05, 3.63) is 107 Å². The van der Waals surface area contributed by atoms with E-state index < -0.39 is 5.54 Å². The fraction of sp³-hybridized carbons (Fsp3) is 0.300. The van der Waals surface area contributed by atoms with Crippen LogP contribution in [-0.4, -0.2) is 40.7 Å². The van der Waals surface area contributed by atoms with Gasteiger partial charge in [0.15, 0.2) is 11.5 Å². The summed E-state index contributed by atoms with van der Waals surface area (Å²) in [4.78, 5) is 30.6. The van der Waals surface area contributed by atoms with Crippen LogP contribution in [0.5, 0.6) is 0 Å². The molecule has 2 aliphatic rings. The average Bonchev–Trinajstić information content (AvgIpc) is 3.19. The number of carbonyl (C=O) groups excluding carboxylic acids is 2. The average molecular weight is 481 g/mol. The molecule has 0 atom stereocenters. The normalized spacial score (nSPS) is 17.6. The number of nitrogens with one attached hydrogen (secondary N) is 2. The molecule has 0 spiro atoms. The van der Waals surface area contributed by atoms with Gasteiger partial charge in [0.1, 0.15) is 0 Å². The predicted molar refractivity (Wildman–Crippen MR) is 140 cm³/mol. The van der Waals surface area contributed by atoms with Crippen molar-refractivity contribution in [1.29, 1.82) is 5.41 Å². The first kappa shape index (κ1) is 23.8. The van der Waals surface area contributed by atoms with Gasteiger partial charge in [0, 0.05) is 18.7 Å². The number of guanidine groups is 1. The van der Waals surface area contributed by atoms with Crippen LogP contribution in [0.15, 0.2) is 84.9 Å². The summed E-state index contributed by atoms with van der Waals surface area (Å²) in [6, 6.07) is 26.8. The monoisotopic (exact) mass is 480 g/mol. The lowest BCUT2D eigenvalue weighted by Gasteiger charge is -2.31. The summed E-state index contributed by atoms with van der Waals surface area (Å²) >= 11 is 0. The second-order valence-corrected chi connectivity index (χ2v) is 9.76. The Bertz CT molecular complexity index is 1210. The number of amides is 2. The molecule has 2 fully saturated rings. The molecule has 1 aliphatic carbocycles. The molecule has 1 heterocycles. The topological polar surface area (TPSA) is 76.5 Å². The van der Waals surface area contributed by atoms with Crippen molar-refractivity contribution in [1.82, 2.24) is 15.1 Å². The van der Waals surface area contributed by atoms with Gasteiger partial charge < -0.3 is 10.2 Å². The Balaban J connectivity index is 1.42. The van der Waals surface area contributed by atoms with Gasteiger partial charge in [0.2, 0.25) is 0 Å². The van der Waals surface area contributed by atoms with Crippen molar-refractivity contribution in [2.45, 2.75) is 50.2 Å². The molecule has 1 aliphatic heterocycles. The molecule has 1 saturated carbocycles. The molecule has 0 radical (unpaired) electrons. The SMILES string of the molecule is CN(C(=O)c1cccc(CN2C(=N)NC(c3ccccc3)(c3ccccc3)C2=O)c1)C1CCCCC1. The van der Waals surface area contributed by atoms with Crippen LogP contribution >= 0.6 is 0 Å². The van der Waals surface area contributed by atoms with E-state index >= 15 is 0 Å². The van der Waals surface area contributed by atoms with Gasteiger partial charge in [-0.3, -0.25) is 19.9 Å². The van der Waals surface area contributed by atoms with Crippen molar-refractivity contribution >= 4 is 17.8 Å². The molecule has 36 heavy (non-hydrogen) atoms. The molecule has 2 N–H and O–H groups in total. The van der Waals surface area contributed by atoms with Crippen molar-refractivity contribution in [3.63, 3.8) is 0 Å². The Hall–Kier alpha value is -3.93. The predicted octanol–water partition coefficient (Wildman–Crippen LogP) is 4.90. The summed E-state index contributed by atoms with van der Waals surface area (Å²) < 4.78 is 0. The fourth-order valence-electron chi connectivity index (χ4n) is 5.51. The van der Waals surface area contributed by atoms with Crippen LogP contribution in [0.1, 0.15) is 59.2 Å². The second kappa shape index (κ2) is 9.97. The maximum atomic E-state index is 14.0. The van der Waals surface area contributed by atoms with Crippen molar-refractivity contribution < 1.29 is 9.59 Å². The number of nitrogens with zero attached hydrogens (tertiary/aromatic N) is 2. The van der Waals surface area contributed by atoms with Gasteiger partial charge in [0.05, 0.1) is 6.54 Å². The van der Waals surface area contributed by atoms with Crippen LogP contribution < -0.4 is 5.32 Å². The molecule has 0 aromatic heterocycles. The zero-order valence-electron chi connectivity index (χ0n) is 20.6. The highest BCUT2D eigenvalue weighted by Crippen LogP contribution is 2.36. The van der Waals surface area contributed by atoms with Gasteiger partial charge in [0.25, 0.3) is 11.8 Å². The largest absolute Gasteiger partial charge is 0.339 e. The smallest absolute Gasteiger partial charge is 0.264 e. The third kappa shape index (κ3) is 4.28. The first-order valence-corrected chi connectivity index (χ1v) is 12.7. The summed E-state index contributed by atoms with van der Waals surface area (Å²) in [6.45, 7) is 0.209. The molecule has 6 nitrogen and oxygen atoms in total. The molecule has 2 amide bonds. The lowest BCUT2D eigenvalue weighted by molar-refractivity contribution is -0.130. The third-order valence-electron chi connectivity index (χ3n) is 7.51. The van der Waals surface area contributed by atoms with Gasteiger partial charge >= 0.3 is 0 Å². The van der Waals surface area contributed by atoms with Crippen LogP contribution in [0.3, 0.4) is 0 Å². The third-order valence-corrected chi connectivity index (χ3v) is 7.51. The first-order valence-electron chi connectivity index (χ1n) is 12.7. The number of carbonyl (C=O) groups is 2. The molecule has 0 bridgehead atoms. The maximum Gasteiger partial charge on any atom is 0.264 e. The molecule has 3 aromatic rings. The quantitative estimate of drug-likeness (QED) is 0.527. The summed E-state index contributed by atoms with van der Waals surface area (Å²) in [5, 5.41) is 11.9. The number of rotatable bonds is 6. The Morgan fingerprint density at radius 2 is 1.56 bits per heavy atom. The molecule has 5 rings (SSSR count). The van der Waals surface area contributed by atoms with Gasteiger partial charge in [-0.1, -0.05) is 92.1 Å². The van der Waals surface area contributed by atoms with Gasteiger partial charge in [-0.2, -0.15) is 0 Å². The summed E-state index contributed by atoms with van der Waals surface area (Å²) in [6.07, 6.45) is 5.67. The van der Waals surface area contributed by atoms with Crippen LogP contribution in [0.4, 0.5) is 0 Å². The lowest BCUT2D eigenvalue weighted by Crippen LogP contribution is -2.45. The van der Waals surface area contributed by atoms with Crippen molar-refractivity contribution in [2.75, 3.05) is 7.05 Å². The maximum absolute atomic E-state index is 14.0. The van der Waals surface area contributed by atoms with Crippen LogP contribution in [0.2, 0.25) is 0 Å². The van der Waals surface area contributed by atoms with Crippen LogP contribution in [0, 0.1) is 5.41 Å². The molecular formula is C30H32N4O2. The van der Waals surface area contributed by atoms with E-state index in [1.807, 2.05) is 96.9 Å². The highest BCUT2D eigenvalue weighted by atomic mass is 16.2. The molecular weight excluding hydrogens is 448 g/mol. The number of hydrogen-bond donors (Lipinski definition) is 2. The molecule has 1 saturated heterocycles. The van der Waals surface area contributed by atoms with Crippen LogP contribution in [0.25, 0.3) is 0 Å². The minimum absolute atomic E-state index is 0.00705. The summed E-state index contributed by atoms with van der Waals surface area (Å²) in [5.41, 5.74) is 1.82. The minimum Gasteiger partial charge on any atom is -0.339 e. The van der Waals surface area contributed by atoms with E-state index in [0.717, 1.165) is 29.5 Å². The Kier molecular flexibility index (Phi) is 6.59. The van der Waals surface area contributed by atoms with E-state index in [0.29, 0.717) is 5.56 Å². The van der Waals surface area contributed by atoms with E-state index in [4.69, 9.17) is 5.41 Å². The Morgan fingerprint density at radius 1 is 0.944 bits per heavy atom. The molecule has 3 aromatic carbocycles. The van der Waals surface area contributed by atoms with E-state index in [-0.39, 0.29) is 30.4 Å². The highest BCUT2D eigenvalue weighted by molar-refractivity contribution is 6.10. The standard InChI is InChI=1S/C30H32N4O2/c1-33(26-18-9-4-10-19-26)27(35)23-13-11-12-22(20-23)21-34-28(36)30(32-29(34)31,24-14-5-2-6-15-24)25-16-7-3-8-17-25/h2-3,5-8,11-17,20,26H,4,9-10,18-19,21H2,1H3,(H2,31,32). The fourth-order valence-corrected chi connectivity index (χ4v) is 5.51. The summed E-state index contributed by atoms with van der Waals surface area (Å²) in [5.74, 6) is -0.155. The zero-order valence-corrected chi connectivity index (χ0v) is 20.6. The number of benzene rings is 3. The second-order valence-electron chi connectivity index (χ2n) is 9.76. The van der Waals surface area contributed by atoms with E-state index in [9.17, 15) is 9.59 Å². The van der Waals surface area contributed by atoms with Crippen LogP contribution in [-0.2, 0) is 16.9 Å².